The second kappa shape index (κ2) is 4.69. The van der Waals surface area contributed by atoms with Crippen LogP contribution >= 0.6 is 0 Å². The third-order valence-electron chi connectivity index (χ3n) is 3.36. The topological polar surface area (TPSA) is 67.1 Å². The van der Waals surface area contributed by atoms with Crippen molar-refractivity contribution >= 4 is 11.5 Å². The van der Waals surface area contributed by atoms with Crippen LogP contribution < -0.4 is 10.6 Å². The fourth-order valence-electron chi connectivity index (χ4n) is 2.24. The van der Waals surface area contributed by atoms with E-state index in [0.717, 1.165) is 0 Å². The fourth-order valence-corrected chi connectivity index (χ4v) is 2.24. The van der Waals surface area contributed by atoms with Gasteiger partial charge in [0.05, 0.1) is 6.54 Å². The summed E-state index contributed by atoms with van der Waals surface area (Å²) < 4.78 is 29.0. The molecule has 0 aliphatic carbocycles. The molecule has 3 rings (SSSR count). The summed E-state index contributed by atoms with van der Waals surface area (Å²) in [7, 11) is 0. The number of piperidine rings is 1. The highest BCUT2D eigenvalue weighted by molar-refractivity contribution is 5.61. The second-order valence-electron chi connectivity index (χ2n) is 4.64. The first kappa shape index (κ1) is 12.2. The zero-order valence-electron chi connectivity index (χ0n) is 10.2. The van der Waals surface area contributed by atoms with Gasteiger partial charge in [-0.3, -0.25) is 4.40 Å². The molecule has 2 aromatic rings. The van der Waals surface area contributed by atoms with Crippen LogP contribution in [0.25, 0.3) is 5.65 Å². The third-order valence-corrected chi connectivity index (χ3v) is 3.36. The van der Waals surface area contributed by atoms with Crippen molar-refractivity contribution in [3.8, 4) is 0 Å². The molecule has 1 aliphatic heterocycles. The molecule has 1 unspecified atom stereocenters. The van der Waals surface area contributed by atoms with Crippen LogP contribution in [0.3, 0.4) is 0 Å². The first-order valence-corrected chi connectivity index (χ1v) is 6.13. The molecule has 2 N–H and O–H groups in total. The molecule has 1 aliphatic rings. The fraction of sp³-hybridized carbons (Fsp3) is 0.545. The predicted octanol–water partition coefficient (Wildman–Crippen LogP) is 0.781. The molecule has 0 aromatic carbocycles. The lowest BCUT2D eigenvalue weighted by Crippen LogP contribution is -2.48. The van der Waals surface area contributed by atoms with Crippen LogP contribution in [-0.2, 0) is 0 Å². The Morgan fingerprint density at radius 1 is 1.53 bits per heavy atom. The molecule has 0 radical (unpaired) electrons. The summed E-state index contributed by atoms with van der Waals surface area (Å²) in [5.41, 5.74) is 0.541. The number of nitrogens with zero attached hydrogens (tertiary/aromatic N) is 4. The molecule has 19 heavy (non-hydrogen) atoms. The number of alkyl halides is 2. The van der Waals surface area contributed by atoms with Gasteiger partial charge < -0.3 is 10.6 Å². The molecule has 0 amide bonds. The van der Waals surface area contributed by atoms with Gasteiger partial charge in [-0.15, -0.1) is 10.2 Å². The van der Waals surface area contributed by atoms with Crippen LogP contribution in [0.1, 0.15) is 6.42 Å². The molecule has 102 valence electrons. The molecule has 0 saturated carbocycles. The van der Waals surface area contributed by atoms with Crippen molar-refractivity contribution in [3.05, 3.63) is 18.7 Å². The largest absolute Gasteiger partial charge is 0.366 e. The normalized spacial score (nSPS) is 22.5. The van der Waals surface area contributed by atoms with Crippen LogP contribution in [0.2, 0.25) is 0 Å². The van der Waals surface area contributed by atoms with E-state index in [9.17, 15) is 8.78 Å². The minimum atomic E-state index is -2.69. The molecule has 1 fully saturated rings. The lowest BCUT2D eigenvalue weighted by atomic mass is 9.94. The van der Waals surface area contributed by atoms with Gasteiger partial charge in [-0.25, -0.2) is 13.8 Å². The molecule has 2 aromatic heterocycles. The summed E-state index contributed by atoms with van der Waals surface area (Å²) in [5.74, 6) is -2.91. The van der Waals surface area contributed by atoms with E-state index in [4.69, 9.17) is 0 Å². The summed E-state index contributed by atoms with van der Waals surface area (Å²) in [6.45, 7) is 0.528. The zero-order chi connectivity index (χ0) is 13.3. The molecule has 1 atom stereocenters. The van der Waals surface area contributed by atoms with Gasteiger partial charge >= 0.3 is 0 Å². The highest BCUT2D eigenvalue weighted by atomic mass is 19.3. The SMILES string of the molecule is FC1(F)CNCCC1CNc1nccn2cnnc12. The minimum absolute atomic E-state index is 0.175. The molecule has 6 nitrogen and oxygen atoms in total. The molecule has 1 saturated heterocycles. The van der Waals surface area contributed by atoms with E-state index < -0.39 is 11.8 Å². The first-order chi connectivity index (χ1) is 9.17. The Balaban J connectivity index is 1.73. The maximum Gasteiger partial charge on any atom is 0.264 e. The van der Waals surface area contributed by atoms with E-state index in [-0.39, 0.29) is 13.1 Å². The van der Waals surface area contributed by atoms with Gasteiger partial charge in [0, 0.05) is 24.9 Å². The van der Waals surface area contributed by atoms with Crippen LogP contribution in [-0.4, -0.2) is 45.1 Å². The van der Waals surface area contributed by atoms with Crippen molar-refractivity contribution in [2.45, 2.75) is 12.3 Å². The second-order valence-corrected chi connectivity index (χ2v) is 4.64. The Morgan fingerprint density at radius 2 is 2.42 bits per heavy atom. The quantitative estimate of drug-likeness (QED) is 0.861. The van der Waals surface area contributed by atoms with Gasteiger partial charge in [0.1, 0.15) is 6.33 Å². The molecule has 3 heterocycles. The van der Waals surface area contributed by atoms with Crippen molar-refractivity contribution in [1.82, 2.24) is 24.9 Å². The lowest BCUT2D eigenvalue weighted by Gasteiger charge is -2.31. The van der Waals surface area contributed by atoms with Gasteiger partial charge in [0.15, 0.2) is 5.82 Å². The molecular formula is C11H14F2N6. The van der Waals surface area contributed by atoms with Crippen molar-refractivity contribution in [1.29, 1.82) is 0 Å². The number of halogens is 2. The number of fused-ring (bicyclic) bond motifs is 1. The average molecular weight is 268 g/mol. The van der Waals surface area contributed by atoms with E-state index in [1.54, 1.807) is 23.1 Å². The zero-order valence-corrected chi connectivity index (χ0v) is 10.2. The Morgan fingerprint density at radius 3 is 3.26 bits per heavy atom. The van der Waals surface area contributed by atoms with Crippen molar-refractivity contribution in [3.63, 3.8) is 0 Å². The van der Waals surface area contributed by atoms with Crippen LogP contribution in [0.4, 0.5) is 14.6 Å². The summed E-state index contributed by atoms with van der Waals surface area (Å²) in [4.78, 5) is 4.12. The smallest absolute Gasteiger partial charge is 0.264 e. The van der Waals surface area contributed by atoms with Crippen molar-refractivity contribution < 1.29 is 8.78 Å². The highest BCUT2D eigenvalue weighted by Crippen LogP contribution is 2.29. The number of rotatable bonds is 3. The monoisotopic (exact) mass is 268 g/mol. The van der Waals surface area contributed by atoms with Crippen LogP contribution in [0, 0.1) is 5.92 Å². The maximum atomic E-state index is 13.7. The Labute approximate surface area is 108 Å². The standard InChI is InChI=1S/C11H14F2N6/c12-11(13)6-14-2-1-8(11)5-16-9-10-18-17-7-19(10)4-3-15-9/h3-4,7-8,14H,1-2,5-6H2,(H,15,16). The first-order valence-electron chi connectivity index (χ1n) is 6.13. The minimum Gasteiger partial charge on any atom is -0.366 e. The van der Waals surface area contributed by atoms with Crippen molar-refractivity contribution in [2.24, 2.45) is 5.92 Å². The summed E-state index contributed by atoms with van der Waals surface area (Å²) in [5, 5.41) is 13.3. The summed E-state index contributed by atoms with van der Waals surface area (Å²) >= 11 is 0. The maximum absolute atomic E-state index is 13.7. The van der Waals surface area contributed by atoms with Crippen LogP contribution in [0.5, 0.6) is 0 Å². The summed E-state index contributed by atoms with van der Waals surface area (Å²) in [6, 6.07) is 0. The lowest BCUT2D eigenvalue weighted by molar-refractivity contribution is -0.0678. The molecular weight excluding hydrogens is 254 g/mol. The van der Waals surface area contributed by atoms with Crippen molar-refractivity contribution in [2.75, 3.05) is 25.0 Å². The number of anilines is 1. The molecule has 0 bridgehead atoms. The Hall–Kier alpha value is -1.83. The molecule has 0 spiro atoms. The third kappa shape index (κ3) is 2.35. The van der Waals surface area contributed by atoms with E-state index in [1.807, 2.05) is 0 Å². The van der Waals surface area contributed by atoms with Gasteiger partial charge in [-0.2, -0.15) is 0 Å². The van der Waals surface area contributed by atoms with Crippen LogP contribution in [0.15, 0.2) is 18.7 Å². The van der Waals surface area contributed by atoms with Gasteiger partial charge in [0.25, 0.3) is 5.92 Å². The van der Waals surface area contributed by atoms with Gasteiger partial charge in [0.2, 0.25) is 5.65 Å². The Bertz CT molecular complexity index is 569. The van der Waals surface area contributed by atoms with E-state index in [0.29, 0.717) is 24.4 Å². The van der Waals surface area contributed by atoms with E-state index in [1.165, 1.54) is 0 Å². The number of nitrogens with one attached hydrogen (secondary N) is 2. The van der Waals surface area contributed by atoms with E-state index in [2.05, 4.69) is 25.8 Å². The molecule has 8 heteroatoms. The average Bonchev–Trinajstić information content (AvgIpc) is 2.86. The Kier molecular flexibility index (Phi) is 3.02. The number of hydrogen-bond acceptors (Lipinski definition) is 5. The highest BCUT2D eigenvalue weighted by Gasteiger charge is 2.41. The predicted molar refractivity (Wildman–Crippen MR) is 65.2 cm³/mol. The number of hydrogen-bond donors (Lipinski definition) is 2. The number of aromatic nitrogens is 4. The van der Waals surface area contributed by atoms with Gasteiger partial charge in [-0.1, -0.05) is 0 Å². The summed E-state index contributed by atoms with van der Waals surface area (Å²) in [6.07, 6.45) is 5.27. The van der Waals surface area contributed by atoms with Gasteiger partial charge in [-0.05, 0) is 13.0 Å². The van der Waals surface area contributed by atoms with E-state index >= 15 is 0 Å².